The molecule has 1 aromatic carbocycles. The van der Waals surface area contributed by atoms with E-state index in [1.165, 1.54) is 62.9 Å². The van der Waals surface area contributed by atoms with Gasteiger partial charge in [-0.15, -0.1) is 0 Å². The molecule has 110 valence electrons. The molecule has 1 atom stereocenters. The zero-order valence-electron chi connectivity index (χ0n) is 12.8. The summed E-state index contributed by atoms with van der Waals surface area (Å²) in [6.45, 7) is 6.02. The summed E-state index contributed by atoms with van der Waals surface area (Å²) >= 11 is 0. The topological polar surface area (TPSA) is 15.3 Å². The van der Waals surface area contributed by atoms with Crippen molar-refractivity contribution in [2.24, 2.45) is 5.92 Å². The fourth-order valence-electron chi connectivity index (χ4n) is 3.80. The second kappa shape index (κ2) is 6.62. The van der Waals surface area contributed by atoms with Crippen molar-refractivity contribution < 1.29 is 0 Å². The molecule has 1 aliphatic carbocycles. The molecule has 1 saturated carbocycles. The second-order valence-corrected chi connectivity index (χ2v) is 6.62. The number of hydrogen-bond donors (Lipinski definition) is 1. The van der Waals surface area contributed by atoms with E-state index < -0.39 is 0 Å². The summed E-state index contributed by atoms with van der Waals surface area (Å²) in [5, 5.41) is 3.80. The molecule has 2 heteroatoms. The first kappa shape index (κ1) is 13.9. The lowest BCUT2D eigenvalue weighted by Gasteiger charge is -2.24. The highest BCUT2D eigenvalue weighted by Gasteiger charge is 2.22. The lowest BCUT2D eigenvalue weighted by molar-refractivity contribution is 0.331. The Labute approximate surface area is 123 Å². The van der Waals surface area contributed by atoms with Crippen LogP contribution in [-0.2, 0) is 6.54 Å². The molecule has 0 amide bonds. The van der Waals surface area contributed by atoms with Gasteiger partial charge < -0.3 is 5.32 Å². The number of nitrogens with zero attached hydrogens (tertiary/aromatic N) is 1. The van der Waals surface area contributed by atoms with Gasteiger partial charge in [-0.2, -0.15) is 0 Å². The number of anilines is 1. The van der Waals surface area contributed by atoms with Gasteiger partial charge in [-0.3, -0.25) is 4.90 Å². The van der Waals surface area contributed by atoms with Crippen LogP contribution in [0.4, 0.5) is 5.69 Å². The monoisotopic (exact) mass is 272 g/mol. The van der Waals surface area contributed by atoms with E-state index >= 15 is 0 Å². The van der Waals surface area contributed by atoms with Crippen LogP contribution in [0.5, 0.6) is 0 Å². The van der Waals surface area contributed by atoms with Crippen molar-refractivity contribution in [3.63, 3.8) is 0 Å². The quantitative estimate of drug-likeness (QED) is 0.861. The summed E-state index contributed by atoms with van der Waals surface area (Å²) in [6.07, 6.45) is 8.39. The molecule has 0 aromatic heterocycles. The van der Waals surface area contributed by atoms with Crippen LogP contribution in [0.1, 0.15) is 51.0 Å². The second-order valence-electron chi connectivity index (χ2n) is 6.62. The number of para-hydroxylation sites is 1. The Morgan fingerprint density at radius 1 is 1.10 bits per heavy atom. The maximum atomic E-state index is 3.80. The minimum absolute atomic E-state index is 0.609. The number of benzene rings is 1. The highest BCUT2D eigenvalue weighted by molar-refractivity contribution is 5.51. The first-order valence-corrected chi connectivity index (χ1v) is 8.40. The van der Waals surface area contributed by atoms with Crippen LogP contribution in [0, 0.1) is 5.92 Å². The molecule has 20 heavy (non-hydrogen) atoms. The van der Waals surface area contributed by atoms with E-state index in [1.54, 1.807) is 0 Å². The molecule has 0 bridgehead atoms. The highest BCUT2D eigenvalue weighted by atomic mass is 15.1. The van der Waals surface area contributed by atoms with Crippen molar-refractivity contribution in [2.45, 2.75) is 58.0 Å². The van der Waals surface area contributed by atoms with Crippen LogP contribution >= 0.6 is 0 Å². The third-order valence-corrected chi connectivity index (χ3v) is 5.10. The Kier molecular flexibility index (Phi) is 4.62. The van der Waals surface area contributed by atoms with Gasteiger partial charge in [0, 0.05) is 18.3 Å². The summed E-state index contributed by atoms with van der Waals surface area (Å²) in [4.78, 5) is 2.58. The van der Waals surface area contributed by atoms with E-state index in [2.05, 4.69) is 41.4 Å². The molecular formula is C18H28N2. The normalized spacial score (nSPS) is 22.2. The fraction of sp³-hybridized carbons (Fsp3) is 0.667. The summed E-state index contributed by atoms with van der Waals surface area (Å²) in [7, 11) is 0. The van der Waals surface area contributed by atoms with Gasteiger partial charge >= 0.3 is 0 Å². The standard InChI is InChI=1S/C18H28N2/c1-15(16-8-2-3-9-16)19-18-11-5-4-10-17(18)14-20-12-6-7-13-20/h4-5,10-11,15-16,19H,2-3,6-9,12-14H2,1H3. The number of nitrogens with one attached hydrogen (secondary N) is 1. The Hall–Kier alpha value is -1.02. The van der Waals surface area contributed by atoms with Gasteiger partial charge in [-0.25, -0.2) is 0 Å². The van der Waals surface area contributed by atoms with Crippen molar-refractivity contribution in [2.75, 3.05) is 18.4 Å². The fourth-order valence-corrected chi connectivity index (χ4v) is 3.80. The van der Waals surface area contributed by atoms with E-state index in [0.717, 1.165) is 12.5 Å². The lowest BCUT2D eigenvalue weighted by atomic mass is 9.99. The maximum absolute atomic E-state index is 3.80. The molecule has 0 radical (unpaired) electrons. The molecule has 1 saturated heterocycles. The SMILES string of the molecule is CC(Nc1ccccc1CN1CCCC1)C1CCCC1. The summed E-state index contributed by atoms with van der Waals surface area (Å²) in [5.74, 6) is 0.870. The van der Waals surface area contributed by atoms with E-state index in [-0.39, 0.29) is 0 Å². The molecule has 2 aliphatic rings. The Morgan fingerprint density at radius 2 is 1.80 bits per heavy atom. The molecule has 2 nitrogen and oxygen atoms in total. The first-order chi connectivity index (χ1) is 9.83. The molecule has 3 rings (SSSR count). The van der Waals surface area contributed by atoms with Crippen LogP contribution in [0.15, 0.2) is 24.3 Å². The molecule has 1 heterocycles. The van der Waals surface area contributed by atoms with Crippen LogP contribution in [-0.4, -0.2) is 24.0 Å². The van der Waals surface area contributed by atoms with Gasteiger partial charge in [0.2, 0.25) is 0 Å². The van der Waals surface area contributed by atoms with Gasteiger partial charge in [0.05, 0.1) is 0 Å². The van der Waals surface area contributed by atoms with Crippen molar-refractivity contribution in [3.05, 3.63) is 29.8 Å². The van der Waals surface area contributed by atoms with E-state index in [1.807, 2.05) is 0 Å². The predicted molar refractivity (Wildman–Crippen MR) is 86.0 cm³/mol. The summed E-state index contributed by atoms with van der Waals surface area (Å²) in [6, 6.07) is 9.50. The molecule has 1 aromatic rings. The highest BCUT2D eigenvalue weighted by Crippen LogP contribution is 2.30. The Bertz CT molecular complexity index is 417. The smallest absolute Gasteiger partial charge is 0.0388 e. The Balaban J connectivity index is 1.65. The first-order valence-electron chi connectivity index (χ1n) is 8.40. The Morgan fingerprint density at radius 3 is 2.55 bits per heavy atom. The lowest BCUT2D eigenvalue weighted by Crippen LogP contribution is -2.25. The molecule has 1 aliphatic heterocycles. The van der Waals surface area contributed by atoms with Crippen molar-refractivity contribution in [1.82, 2.24) is 4.90 Å². The van der Waals surface area contributed by atoms with Gasteiger partial charge in [-0.1, -0.05) is 31.0 Å². The molecule has 0 spiro atoms. The minimum Gasteiger partial charge on any atom is -0.382 e. The largest absolute Gasteiger partial charge is 0.382 e. The number of rotatable bonds is 5. The van der Waals surface area contributed by atoms with Crippen LogP contribution < -0.4 is 5.32 Å². The van der Waals surface area contributed by atoms with E-state index in [0.29, 0.717) is 6.04 Å². The third-order valence-electron chi connectivity index (χ3n) is 5.10. The zero-order valence-corrected chi connectivity index (χ0v) is 12.8. The average Bonchev–Trinajstić information content (AvgIpc) is 3.13. The molecule has 2 fully saturated rings. The minimum atomic E-state index is 0.609. The zero-order chi connectivity index (χ0) is 13.8. The summed E-state index contributed by atoms with van der Waals surface area (Å²) in [5.41, 5.74) is 2.83. The van der Waals surface area contributed by atoms with Crippen molar-refractivity contribution in [1.29, 1.82) is 0 Å². The number of hydrogen-bond acceptors (Lipinski definition) is 2. The number of likely N-dealkylation sites (tertiary alicyclic amines) is 1. The average molecular weight is 272 g/mol. The van der Waals surface area contributed by atoms with Gasteiger partial charge in [0.15, 0.2) is 0 Å². The van der Waals surface area contributed by atoms with Gasteiger partial charge in [0.1, 0.15) is 0 Å². The molecule has 1 N–H and O–H groups in total. The van der Waals surface area contributed by atoms with Gasteiger partial charge in [-0.05, 0) is 63.2 Å². The molecule has 1 unspecified atom stereocenters. The maximum Gasteiger partial charge on any atom is 0.0388 e. The van der Waals surface area contributed by atoms with Crippen LogP contribution in [0.2, 0.25) is 0 Å². The van der Waals surface area contributed by atoms with Gasteiger partial charge in [0.25, 0.3) is 0 Å². The van der Waals surface area contributed by atoms with Crippen molar-refractivity contribution >= 4 is 5.69 Å². The van der Waals surface area contributed by atoms with Crippen LogP contribution in [0.3, 0.4) is 0 Å². The van der Waals surface area contributed by atoms with E-state index in [4.69, 9.17) is 0 Å². The van der Waals surface area contributed by atoms with Crippen LogP contribution in [0.25, 0.3) is 0 Å². The van der Waals surface area contributed by atoms with E-state index in [9.17, 15) is 0 Å². The molecular weight excluding hydrogens is 244 g/mol. The summed E-state index contributed by atoms with van der Waals surface area (Å²) < 4.78 is 0. The third kappa shape index (κ3) is 3.35. The van der Waals surface area contributed by atoms with Crippen molar-refractivity contribution in [3.8, 4) is 0 Å². The predicted octanol–water partition coefficient (Wildman–Crippen LogP) is 4.27.